The fraction of sp³-hybridized carbons (Fsp3) is 0.450. The second-order valence-corrected chi connectivity index (χ2v) is 7.82. The van der Waals surface area contributed by atoms with Crippen molar-refractivity contribution in [2.75, 3.05) is 17.7 Å². The number of Topliss-reactive ketones (excluding diaryl/α,β-unsaturated/α-hetero) is 1. The van der Waals surface area contributed by atoms with Gasteiger partial charge in [0.05, 0.1) is 12.4 Å². The maximum atomic E-state index is 12.4. The lowest BCUT2D eigenvalue weighted by atomic mass is 10.1. The standard InChI is InChI=1S/C20H26N4O4S/c1-5-28-19(27)11-17-22-23-20(24(17)4)29-12-16(25)14-6-8-15(9-7-14)21-18(26)10-13(2)3/h6-9,13H,5,10-12H2,1-4H3,(H,21,26). The molecule has 0 atom stereocenters. The van der Waals surface area contributed by atoms with Crippen molar-refractivity contribution < 1.29 is 19.1 Å². The molecular formula is C20H26N4O4S. The summed E-state index contributed by atoms with van der Waals surface area (Å²) in [4.78, 5) is 35.8. The summed E-state index contributed by atoms with van der Waals surface area (Å²) in [5.74, 6) is 0.479. The fourth-order valence-corrected chi connectivity index (χ4v) is 3.33. The van der Waals surface area contributed by atoms with Crippen LogP contribution in [0.1, 0.15) is 43.4 Å². The second-order valence-electron chi connectivity index (χ2n) is 6.87. The number of carbonyl (C=O) groups excluding carboxylic acids is 3. The number of rotatable bonds is 10. The van der Waals surface area contributed by atoms with Gasteiger partial charge in [0.2, 0.25) is 5.91 Å². The van der Waals surface area contributed by atoms with E-state index < -0.39 is 0 Å². The van der Waals surface area contributed by atoms with Gasteiger partial charge in [-0.05, 0) is 37.1 Å². The molecule has 0 saturated heterocycles. The number of nitrogens with one attached hydrogen (secondary N) is 1. The number of anilines is 1. The highest BCUT2D eigenvalue weighted by atomic mass is 32.2. The molecule has 1 aromatic heterocycles. The van der Waals surface area contributed by atoms with Crippen molar-refractivity contribution >= 4 is 35.1 Å². The normalized spacial score (nSPS) is 10.8. The van der Waals surface area contributed by atoms with Gasteiger partial charge >= 0.3 is 5.97 Å². The Kier molecular flexibility index (Phi) is 8.38. The molecule has 1 N–H and O–H groups in total. The van der Waals surface area contributed by atoms with Crippen molar-refractivity contribution in [1.82, 2.24) is 14.8 Å². The maximum absolute atomic E-state index is 12.4. The Bertz CT molecular complexity index is 862. The zero-order valence-corrected chi connectivity index (χ0v) is 17.9. The van der Waals surface area contributed by atoms with E-state index in [1.807, 2.05) is 13.8 Å². The van der Waals surface area contributed by atoms with Crippen LogP contribution in [0.25, 0.3) is 0 Å². The lowest BCUT2D eigenvalue weighted by Gasteiger charge is -2.08. The van der Waals surface area contributed by atoms with E-state index in [1.54, 1.807) is 42.8 Å². The van der Waals surface area contributed by atoms with Crippen LogP contribution in [-0.4, -0.2) is 44.8 Å². The van der Waals surface area contributed by atoms with E-state index in [-0.39, 0.29) is 35.8 Å². The lowest BCUT2D eigenvalue weighted by molar-refractivity contribution is -0.142. The van der Waals surface area contributed by atoms with Gasteiger partial charge in [0, 0.05) is 24.7 Å². The van der Waals surface area contributed by atoms with Crippen LogP contribution >= 0.6 is 11.8 Å². The van der Waals surface area contributed by atoms with Crippen LogP contribution in [0.15, 0.2) is 29.4 Å². The SMILES string of the molecule is CCOC(=O)Cc1nnc(SCC(=O)c2ccc(NC(=O)CC(C)C)cc2)n1C. The van der Waals surface area contributed by atoms with Crippen LogP contribution in [0, 0.1) is 5.92 Å². The van der Waals surface area contributed by atoms with Crippen molar-refractivity contribution in [1.29, 1.82) is 0 Å². The lowest BCUT2D eigenvalue weighted by Crippen LogP contribution is -2.14. The highest BCUT2D eigenvalue weighted by Crippen LogP contribution is 2.19. The molecule has 0 fully saturated rings. The number of esters is 1. The third-order valence-corrected chi connectivity index (χ3v) is 4.97. The number of nitrogens with zero attached hydrogens (tertiary/aromatic N) is 3. The fourth-order valence-electron chi connectivity index (χ4n) is 2.50. The van der Waals surface area contributed by atoms with Gasteiger partial charge in [0.1, 0.15) is 12.2 Å². The van der Waals surface area contributed by atoms with Crippen LogP contribution in [0.2, 0.25) is 0 Å². The Balaban J connectivity index is 1.90. The van der Waals surface area contributed by atoms with E-state index in [0.29, 0.717) is 35.3 Å². The third kappa shape index (κ3) is 7.01. The van der Waals surface area contributed by atoms with Crippen molar-refractivity contribution in [3.05, 3.63) is 35.7 Å². The molecule has 1 amide bonds. The first kappa shape index (κ1) is 22.6. The summed E-state index contributed by atoms with van der Waals surface area (Å²) in [5.41, 5.74) is 1.21. The summed E-state index contributed by atoms with van der Waals surface area (Å²) >= 11 is 1.25. The molecule has 0 aliphatic carbocycles. The first-order valence-electron chi connectivity index (χ1n) is 9.40. The Morgan fingerprint density at radius 3 is 2.48 bits per heavy atom. The number of ketones is 1. The van der Waals surface area contributed by atoms with Gasteiger partial charge < -0.3 is 14.6 Å². The molecule has 0 aliphatic rings. The summed E-state index contributed by atoms with van der Waals surface area (Å²) in [6.45, 7) is 6.02. The van der Waals surface area contributed by atoms with Gasteiger partial charge in [-0.25, -0.2) is 0 Å². The number of thioether (sulfide) groups is 1. The largest absolute Gasteiger partial charge is 0.466 e. The molecule has 2 aromatic rings. The molecule has 29 heavy (non-hydrogen) atoms. The van der Waals surface area contributed by atoms with Gasteiger partial charge in [-0.1, -0.05) is 25.6 Å². The van der Waals surface area contributed by atoms with Crippen LogP contribution in [-0.2, 0) is 27.8 Å². The molecule has 0 radical (unpaired) electrons. The molecule has 1 heterocycles. The minimum absolute atomic E-state index is 0.0375. The molecule has 156 valence electrons. The Morgan fingerprint density at radius 1 is 1.17 bits per heavy atom. The van der Waals surface area contributed by atoms with Gasteiger partial charge in [-0.15, -0.1) is 10.2 Å². The van der Waals surface area contributed by atoms with Gasteiger partial charge in [-0.3, -0.25) is 14.4 Å². The summed E-state index contributed by atoms with van der Waals surface area (Å²) in [5, 5.41) is 11.4. The van der Waals surface area contributed by atoms with E-state index >= 15 is 0 Å². The molecule has 9 heteroatoms. The molecule has 1 aromatic carbocycles. The van der Waals surface area contributed by atoms with Crippen molar-refractivity contribution in [3.8, 4) is 0 Å². The quantitative estimate of drug-likeness (QED) is 0.359. The molecule has 0 bridgehead atoms. The number of amides is 1. The number of ether oxygens (including phenoxy) is 1. The number of aromatic nitrogens is 3. The summed E-state index contributed by atoms with van der Waals surface area (Å²) in [6.07, 6.45) is 0.489. The second kappa shape index (κ2) is 10.8. The number of hydrogen-bond donors (Lipinski definition) is 1. The molecule has 2 rings (SSSR count). The molecular weight excluding hydrogens is 392 g/mol. The number of carbonyl (C=O) groups is 3. The minimum atomic E-state index is -0.365. The highest BCUT2D eigenvalue weighted by Gasteiger charge is 2.15. The zero-order chi connectivity index (χ0) is 21.4. The highest BCUT2D eigenvalue weighted by molar-refractivity contribution is 7.99. The van der Waals surface area contributed by atoms with E-state index in [4.69, 9.17) is 4.74 Å². The molecule has 0 unspecified atom stereocenters. The Hall–Kier alpha value is -2.68. The average molecular weight is 419 g/mol. The average Bonchev–Trinajstić information content (AvgIpc) is 2.99. The van der Waals surface area contributed by atoms with Gasteiger partial charge in [0.25, 0.3) is 0 Å². The maximum Gasteiger partial charge on any atom is 0.313 e. The third-order valence-electron chi connectivity index (χ3n) is 3.95. The molecule has 8 nitrogen and oxygen atoms in total. The topological polar surface area (TPSA) is 103 Å². The Morgan fingerprint density at radius 2 is 1.86 bits per heavy atom. The van der Waals surface area contributed by atoms with Crippen LogP contribution in [0.3, 0.4) is 0 Å². The van der Waals surface area contributed by atoms with Gasteiger partial charge in [-0.2, -0.15) is 0 Å². The monoisotopic (exact) mass is 418 g/mol. The number of hydrogen-bond acceptors (Lipinski definition) is 7. The summed E-state index contributed by atoms with van der Waals surface area (Å²) < 4.78 is 6.59. The molecule has 0 spiro atoms. The summed E-state index contributed by atoms with van der Waals surface area (Å²) in [6, 6.07) is 6.82. The zero-order valence-electron chi connectivity index (χ0n) is 17.1. The van der Waals surface area contributed by atoms with E-state index in [9.17, 15) is 14.4 Å². The predicted molar refractivity (Wildman–Crippen MR) is 111 cm³/mol. The van der Waals surface area contributed by atoms with Crippen molar-refractivity contribution in [2.24, 2.45) is 13.0 Å². The van der Waals surface area contributed by atoms with Crippen molar-refractivity contribution in [2.45, 2.75) is 38.8 Å². The van der Waals surface area contributed by atoms with E-state index in [2.05, 4.69) is 15.5 Å². The van der Waals surface area contributed by atoms with E-state index in [1.165, 1.54) is 11.8 Å². The first-order valence-corrected chi connectivity index (χ1v) is 10.4. The van der Waals surface area contributed by atoms with E-state index in [0.717, 1.165) is 0 Å². The molecule has 0 aliphatic heterocycles. The Labute approximate surface area is 174 Å². The number of benzene rings is 1. The van der Waals surface area contributed by atoms with Crippen LogP contribution in [0.4, 0.5) is 5.69 Å². The smallest absolute Gasteiger partial charge is 0.313 e. The van der Waals surface area contributed by atoms with Gasteiger partial charge in [0.15, 0.2) is 10.9 Å². The predicted octanol–water partition coefficient (Wildman–Crippen LogP) is 2.88. The van der Waals surface area contributed by atoms with Crippen LogP contribution in [0.5, 0.6) is 0 Å². The first-order chi connectivity index (χ1) is 13.8. The summed E-state index contributed by atoms with van der Waals surface area (Å²) in [7, 11) is 1.75. The molecule has 0 saturated carbocycles. The van der Waals surface area contributed by atoms with Crippen LogP contribution < -0.4 is 5.32 Å². The minimum Gasteiger partial charge on any atom is -0.466 e. The van der Waals surface area contributed by atoms with Crippen molar-refractivity contribution in [3.63, 3.8) is 0 Å².